The lowest BCUT2D eigenvalue weighted by Gasteiger charge is -2.11. The van der Waals surface area contributed by atoms with E-state index in [0.29, 0.717) is 21.5 Å². The van der Waals surface area contributed by atoms with Gasteiger partial charge >= 0.3 is 0 Å². The molecule has 2 aromatic carbocycles. The smallest absolute Gasteiger partial charge is 0.265 e. The molecule has 0 aliphatic carbocycles. The molecule has 122 valence electrons. The number of carbonyl (C=O) groups is 2. The summed E-state index contributed by atoms with van der Waals surface area (Å²) in [5, 5.41) is 3.19. The lowest BCUT2D eigenvalue weighted by Crippen LogP contribution is -2.21. The minimum absolute atomic E-state index is 0.143. The largest absolute Gasteiger partial charge is 0.345 e. The maximum absolute atomic E-state index is 13.7. The van der Waals surface area contributed by atoms with Crippen molar-refractivity contribution >= 4 is 38.9 Å². The van der Waals surface area contributed by atoms with Crippen LogP contribution in [-0.2, 0) is 0 Å². The third-order valence-corrected chi connectivity index (χ3v) is 4.60. The van der Waals surface area contributed by atoms with E-state index in [4.69, 9.17) is 0 Å². The molecule has 3 aromatic rings. The number of thiophene rings is 1. The maximum atomic E-state index is 13.7. The van der Waals surface area contributed by atoms with Crippen molar-refractivity contribution < 1.29 is 14.0 Å². The molecule has 0 fully saturated rings. The molecule has 4 nitrogen and oxygen atoms in total. The number of anilines is 1. The average Bonchev–Trinajstić information content (AvgIpc) is 3.00. The van der Waals surface area contributed by atoms with Gasteiger partial charge in [0.15, 0.2) is 0 Å². The summed E-state index contributed by atoms with van der Waals surface area (Å²) in [5.74, 6) is -0.818. The lowest BCUT2D eigenvalue weighted by molar-refractivity contribution is 0.0827. The number of halogens is 1. The Bertz CT molecular complexity index is 934. The van der Waals surface area contributed by atoms with Crippen LogP contribution in [0, 0.1) is 5.82 Å². The van der Waals surface area contributed by atoms with Crippen molar-refractivity contribution in [1.82, 2.24) is 4.90 Å². The van der Waals surface area contributed by atoms with E-state index in [1.807, 2.05) is 0 Å². The summed E-state index contributed by atoms with van der Waals surface area (Å²) in [6.45, 7) is 0. The Morgan fingerprint density at radius 3 is 2.54 bits per heavy atom. The van der Waals surface area contributed by atoms with Gasteiger partial charge in [-0.05, 0) is 36.4 Å². The first-order chi connectivity index (χ1) is 11.5. The molecule has 0 aliphatic heterocycles. The first-order valence-corrected chi connectivity index (χ1v) is 8.08. The van der Waals surface area contributed by atoms with Crippen LogP contribution in [0.15, 0.2) is 48.5 Å². The highest BCUT2D eigenvalue weighted by Gasteiger charge is 2.14. The number of nitrogens with one attached hydrogen (secondary N) is 1. The summed E-state index contributed by atoms with van der Waals surface area (Å²) in [6, 6.07) is 13.0. The minimum atomic E-state index is -0.346. The Balaban J connectivity index is 1.85. The molecular formula is C18H15FN2O2S. The molecular weight excluding hydrogens is 327 g/mol. The predicted molar refractivity (Wildman–Crippen MR) is 94.2 cm³/mol. The minimum Gasteiger partial charge on any atom is -0.345 e. The standard InChI is InChI=1S/C18H15FN2O2S/c1-21(2)18(23)11-5-3-6-12(9-11)20-17(22)16-10-13-14(19)7-4-8-15(13)24-16/h3-10H,1-2H3,(H,20,22). The number of nitrogens with zero attached hydrogens (tertiary/aromatic N) is 1. The van der Waals surface area contributed by atoms with Crippen LogP contribution in [0.1, 0.15) is 20.0 Å². The summed E-state index contributed by atoms with van der Waals surface area (Å²) in [4.78, 5) is 26.3. The van der Waals surface area contributed by atoms with Crippen molar-refractivity contribution in [3.63, 3.8) is 0 Å². The second kappa shape index (κ2) is 6.41. The van der Waals surface area contributed by atoms with Crippen LogP contribution in [0.3, 0.4) is 0 Å². The molecule has 0 spiro atoms. The van der Waals surface area contributed by atoms with Crippen LogP contribution in [-0.4, -0.2) is 30.8 Å². The molecule has 0 bridgehead atoms. The number of amides is 2. The second-order valence-corrected chi connectivity index (χ2v) is 6.58. The molecule has 24 heavy (non-hydrogen) atoms. The second-order valence-electron chi connectivity index (χ2n) is 5.50. The monoisotopic (exact) mass is 342 g/mol. The molecule has 0 saturated carbocycles. The van der Waals surface area contributed by atoms with E-state index in [1.165, 1.54) is 22.3 Å². The summed E-state index contributed by atoms with van der Waals surface area (Å²) >= 11 is 1.23. The van der Waals surface area contributed by atoms with Gasteiger partial charge in [0.2, 0.25) is 0 Å². The number of rotatable bonds is 3. The summed E-state index contributed by atoms with van der Waals surface area (Å²) in [6.07, 6.45) is 0. The van der Waals surface area contributed by atoms with Crippen molar-refractivity contribution in [2.24, 2.45) is 0 Å². The fraction of sp³-hybridized carbons (Fsp3) is 0.111. The van der Waals surface area contributed by atoms with Crippen molar-refractivity contribution in [3.05, 3.63) is 64.8 Å². The zero-order valence-electron chi connectivity index (χ0n) is 13.2. The Hall–Kier alpha value is -2.73. The summed E-state index contributed by atoms with van der Waals surface area (Å²) < 4.78 is 14.5. The fourth-order valence-corrected chi connectivity index (χ4v) is 3.29. The molecule has 1 heterocycles. The maximum Gasteiger partial charge on any atom is 0.265 e. The van der Waals surface area contributed by atoms with Crippen LogP contribution in [0.25, 0.3) is 10.1 Å². The van der Waals surface area contributed by atoms with Gasteiger partial charge < -0.3 is 10.2 Å². The Labute approximate surface area is 142 Å². The number of carbonyl (C=O) groups excluding carboxylic acids is 2. The predicted octanol–water partition coefficient (Wildman–Crippen LogP) is 3.99. The number of hydrogen-bond donors (Lipinski definition) is 1. The van der Waals surface area contributed by atoms with Crippen molar-refractivity contribution in [2.75, 3.05) is 19.4 Å². The van der Waals surface area contributed by atoms with Crippen LogP contribution in [0.4, 0.5) is 10.1 Å². The van der Waals surface area contributed by atoms with E-state index in [1.54, 1.807) is 56.6 Å². The van der Waals surface area contributed by atoms with Crippen LogP contribution >= 0.6 is 11.3 Å². The van der Waals surface area contributed by atoms with Crippen molar-refractivity contribution in [2.45, 2.75) is 0 Å². The van der Waals surface area contributed by atoms with Gasteiger partial charge in [-0.1, -0.05) is 12.1 Å². The molecule has 1 aromatic heterocycles. The normalized spacial score (nSPS) is 10.6. The highest BCUT2D eigenvalue weighted by atomic mass is 32.1. The number of benzene rings is 2. The van der Waals surface area contributed by atoms with E-state index in [0.717, 1.165) is 4.70 Å². The Morgan fingerprint density at radius 2 is 1.83 bits per heavy atom. The van der Waals surface area contributed by atoms with Gasteiger partial charge in [0.1, 0.15) is 5.82 Å². The molecule has 0 saturated heterocycles. The van der Waals surface area contributed by atoms with Gasteiger partial charge in [-0.15, -0.1) is 11.3 Å². The van der Waals surface area contributed by atoms with Crippen molar-refractivity contribution in [1.29, 1.82) is 0 Å². The molecule has 0 aliphatic rings. The SMILES string of the molecule is CN(C)C(=O)c1cccc(NC(=O)c2cc3c(F)cccc3s2)c1. The third-order valence-electron chi connectivity index (χ3n) is 3.51. The van der Waals surface area contributed by atoms with Gasteiger partial charge in [-0.3, -0.25) is 9.59 Å². The highest BCUT2D eigenvalue weighted by Crippen LogP contribution is 2.28. The van der Waals surface area contributed by atoms with E-state index >= 15 is 0 Å². The highest BCUT2D eigenvalue weighted by molar-refractivity contribution is 7.20. The van der Waals surface area contributed by atoms with Gasteiger partial charge in [-0.25, -0.2) is 4.39 Å². The number of hydrogen-bond acceptors (Lipinski definition) is 3. The van der Waals surface area contributed by atoms with E-state index < -0.39 is 0 Å². The van der Waals surface area contributed by atoms with Crippen LogP contribution in [0.2, 0.25) is 0 Å². The first-order valence-electron chi connectivity index (χ1n) is 7.27. The quantitative estimate of drug-likeness (QED) is 0.782. The Morgan fingerprint density at radius 1 is 1.08 bits per heavy atom. The third kappa shape index (κ3) is 3.14. The molecule has 0 unspecified atom stereocenters. The van der Waals surface area contributed by atoms with E-state index in [9.17, 15) is 14.0 Å². The zero-order chi connectivity index (χ0) is 17.3. The Kier molecular flexibility index (Phi) is 4.31. The van der Waals surface area contributed by atoms with Gasteiger partial charge in [-0.2, -0.15) is 0 Å². The number of fused-ring (bicyclic) bond motifs is 1. The van der Waals surface area contributed by atoms with Gasteiger partial charge in [0.25, 0.3) is 11.8 Å². The van der Waals surface area contributed by atoms with Gasteiger partial charge in [0, 0.05) is 35.4 Å². The average molecular weight is 342 g/mol. The molecule has 0 radical (unpaired) electrons. The molecule has 1 N–H and O–H groups in total. The fourth-order valence-electron chi connectivity index (χ4n) is 2.32. The molecule has 0 atom stereocenters. The van der Waals surface area contributed by atoms with Crippen molar-refractivity contribution in [3.8, 4) is 0 Å². The van der Waals surface area contributed by atoms with E-state index in [2.05, 4.69) is 5.32 Å². The topological polar surface area (TPSA) is 49.4 Å². The lowest BCUT2D eigenvalue weighted by atomic mass is 10.2. The van der Waals surface area contributed by atoms with Crippen LogP contribution in [0.5, 0.6) is 0 Å². The van der Waals surface area contributed by atoms with Gasteiger partial charge in [0.05, 0.1) is 4.88 Å². The summed E-state index contributed by atoms with van der Waals surface area (Å²) in [7, 11) is 3.33. The molecule has 6 heteroatoms. The molecule has 2 amide bonds. The van der Waals surface area contributed by atoms with Crippen LogP contribution < -0.4 is 5.32 Å². The molecule has 3 rings (SSSR count). The summed E-state index contributed by atoms with van der Waals surface area (Å²) in [5.41, 5.74) is 1.01. The van der Waals surface area contributed by atoms with E-state index in [-0.39, 0.29) is 17.6 Å². The zero-order valence-corrected chi connectivity index (χ0v) is 14.0. The first kappa shape index (κ1) is 16.1.